The van der Waals surface area contributed by atoms with Crippen LogP contribution in [0.25, 0.3) is 0 Å². The molecule has 9 heteroatoms. The SMILES string of the molecule is CC[C@H](NC(=O)[C@H](NCC(=O)O)C1CCCCC1)C(=O)NCc1ccc(C(=N)N)cc1. The van der Waals surface area contributed by atoms with Crippen molar-refractivity contribution in [2.75, 3.05) is 6.54 Å². The molecule has 31 heavy (non-hydrogen) atoms. The van der Waals surface area contributed by atoms with E-state index in [9.17, 15) is 14.4 Å². The number of amides is 2. The van der Waals surface area contributed by atoms with Gasteiger partial charge in [-0.2, -0.15) is 0 Å². The summed E-state index contributed by atoms with van der Waals surface area (Å²) in [5, 5.41) is 24.9. The predicted octanol–water partition coefficient (Wildman–Crippen LogP) is 1.10. The molecule has 1 aliphatic carbocycles. The molecule has 1 aromatic rings. The minimum Gasteiger partial charge on any atom is -0.480 e. The second-order valence-electron chi connectivity index (χ2n) is 7.95. The fraction of sp³-hybridized carbons (Fsp3) is 0.545. The van der Waals surface area contributed by atoms with Crippen molar-refractivity contribution in [3.05, 3.63) is 35.4 Å². The molecule has 9 nitrogen and oxygen atoms in total. The summed E-state index contributed by atoms with van der Waals surface area (Å²) in [5.41, 5.74) is 6.90. The van der Waals surface area contributed by atoms with Gasteiger partial charge in [0.1, 0.15) is 11.9 Å². The van der Waals surface area contributed by atoms with E-state index in [-0.39, 0.29) is 36.7 Å². The zero-order valence-electron chi connectivity index (χ0n) is 17.9. The van der Waals surface area contributed by atoms with Crippen LogP contribution in [0.4, 0.5) is 0 Å². The summed E-state index contributed by atoms with van der Waals surface area (Å²) >= 11 is 0. The Labute approximate surface area is 182 Å². The van der Waals surface area contributed by atoms with E-state index in [4.69, 9.17) is 16.2 Å². The number of nitrogen functional groups attached to an aromatic ring is 1. The molecule has 1 aliphatic rings. The number of benzene rings is 1. The molecule has 1 saturated carbocycles. The van der Waals surface area contributed by atoms with E-state index in [1.54, 1.807) is 24.3 Å². The van der Waals surface area contributed by atoms with Crippen molar-refractivity contribution in [1.29, 1.82) is 5.41 Å². The van der Waals surface area contributed by atoms with Crippen LogP contribution in [0, 0.1) is 11.3 Å². The van der Waals surface area contributed by atoms with Crippen LogP contribution in [0.1, 0.15) is 56.6 Å². The molecular weight excluding hydrogens is 398 g/mol. The number of aliphatic carboxylic acids is 1. The number of carboxylic acid groups (broad SMARTS) is 1. The Balaban J connectivity index is 1.95. The fourth-order valence-electron chi connectivity index (χ4n) is 3.87. The monoisotopic (exact) mass is 431 g/mol. The van der Waals surface area contributed by atoms with Gasteiger partial charge in [0, 0.05) is 12.1 Å². The zero-order chi connectivity index (χ0) is 22.8. The molecule has 1 aromatic carbocycles. The molecule has 0 saturated heterocycles. The molecule has 0 aliphatic heterocycles. The Hall–Kier alpha value is -2.94. The fourth-order valence-corrected chi connectivity index (χ4v) is 3.87. The molecule has 0 aromatic heterocycles. The smallest absolute Gasteiger partial charge is 0.317 e. The molecular formula is C22H33N5O4. The van der Waals surface area contributed by atoms with Gasteiger partial charge in [-0.05, 0) is 30.7 Å². The lowest BCUT2D eigenvalue weighted by atomic mass is 9.83. The van der Waals surface area contributed by atoms with Crippen LogP contribution in [-0.4, -0.2) is 47.4 Å². The number of rotatable bonds is 11. The lowest BCUT2D eigenvalue weighted by Gasteiger charge is -2.31. The van der Waals surface area contributed by atoms with Crippen LogP contribution in [0.15, 0.2) is 24.3 Å². The summed E-state index contributed by atoms with van der Waals surface area (Å²) in [6.45, 7) is 1.80. The first-order valence-electron chi connectivity index (χ1n) is 10.8. The predicted molar refractivity (Wildman–Crippen MR) is 118 cm³/mol. The topological polar surface area (TPSA) is 157 Å². The normalized spacial score (nSPS) is 16.2. The van der Waals surface area contributed by atoms with Crippen LogP contribution >= 0.6 is 0 Å². The maximum atomic E-state index is 12.9. The molecule has 1 fully saturated rings. The van der Waals surface area contributed by atoms with E-state index in [1.807, 2.05) is 6.92 Å². The number of carboxylic acids is 1. The number of nitrogens with two attached hydrogens (primary N) is 1. The molecule has 0 radical (unpaired) electrons. The Morgan fingerprint density at radius 2 is 1.77 bits per heavy atom. The molecule has 0 heterocycles. The first kappa shape index (κ1) is 24.3. The summed E-state index contributed by atoms with van der Waals surface area (Å²) < 4.78 is 0. The summed E-state index contributed by atoms with van der Waals surface area (Å²) in [5.74, 6) is -1.61. The highest BCUT2D eigenvalue weighted by molar-refractivity contribution is 5.95. The van der Waals surface area contributed by atoms with Gasteiger partial charge in [-0.3, -0.25) is 25.1 Å². The zero-order valence-corrected chi connectivity index (χ0v) is 17.9. The third kappa shape index (κ3) is 7.67. The van der Waals surface area contributed by atoms with E-state index in [1.165, 1.54) is 0 Å². The van der Waals surface area contributed by atoms with Crippen LogP contribution in [0.3, 0.4) is 0 Å². The standard InChI is InChI=1S/C22H33N5O4/c1-2-17(21(30)26-12-14-8-10-16(11-9-14)20(23)24)27-22(31)19(25-13-18(28)29)15-6-4-3-5-7-15/h8-11,15,17,19,25H,2-7,12-13H2,1H3,(H3,23,24)(H,26,30)(H,27,31)(H,28,29)/t17-,19+/m0/s1. The second-order valence-corrected chi connectivity index (χ2v) is 7.95. The van der Waals surface area contributed by atoms with Gasteiger partial charge < -0.3 is 21.5 Å². The van der Waals surface area contributed by atoms with E-state index in [2.05, 4.69) is 16.0 Å². The maximum Gasteiger partial charge on any atom is 0.317 e. The number of carbonyl (C=O) groups excluding carboxylic acids is 2. The van der Waals surface area contributed by atoms with Crippen molar-refractivity contribution in [2.24, 2.45) is 11.7 Å². The van der Waals surface area contributed by atoms with Crippen molar-refractivity contribution < 1.29 is 19.5 Å². The number of nitrogens with one attached hydrogen (secondary N) is 4. The highest BCUT2D eigenvalue weighted by Crippen LogP contribution is 2.26. The minimum atomic E-state index is -1.02. The quantitative estimate of drug-likeness (QED) is 0.227. The number of amidine groups is 1. The lowest BCUT2D eigenvalue weighted by molar-refractivity contribution is -0.137. The van der Waals surface area contributed by atoms with Gasteiger partial charge in [-0.15, -0.1) is 0 Å². The average molecular weight is 432 g/mol. The third-order valence-corrected chi connectivity index (χ3v) is 5.65. The summed E-state index contributed by atoms with van der Waals surface area (Å²) in [4.78, 5) is 36.6. The van der Waals surface area contributed by atoms with Gasteiger partial charge in [-0.1, -0.05) is 50.5 Å². The molecule has 2 amide bonds. The van der Waals surface area contributed by atoms with Crippen molar-refractivity contribution in [3.8, 4) is 0 Å². The van der Waals surface area contributed by atoms with Crippen molar-refractivity contribution in [1.82, 2.24) is 16.0 Å². The number of carbonyl (C=O) groups is 3. The van der Waals surface area contributed by atoms with E-state index in [0.717, 1.165) is 37.7 Å². The number of hydrogen-bond acceptors (Lipinski definition) is 5. The van der Waals surface area contributed by atoms with Crippen LogP contribution in [0.2, 0.25) is 0 Å². The average Bonchev–Trinajstić information content (AvgIpc) is 2.76. The third-order valence-electron chi connectivity index (χ3n) is 5.65. The van der Waals surface area contributed by atoms with Crippen molar-refractivity contribution >= 4 is 23.6 Å². The lowest BCUT2D eigenvalue weighted by Crippen LogP contribution is -2.55. The van der Waals surface area contributed by atoms with Crippen LogP contribution in [0.5, 0.6) is 0 Å². The van der Waals surface area contributed by atoms with Gasteiger partial charge >= 0.3 is 5.97 Å². The largest absolute Gasteiger partial charge is 0.480 e. The van der Waals surface area contributed by atoms with E-state index < -0.39 is 18.1 Å². The van der Waals surface area contributed by atoms with Gasteiger partial charge in [0.2, 0.25) is 11.8 Å². The first-order valence-corrected chi connectivity index (χ1v) is 10.8. The van der Waals surface area contributed by atoms with E-state index in [0.29, 0.717) is 12.0 Å². The van der Waals surface area contributed by atoms with Crippen molar-refractivity contribution in [2.45, 2.75) is 64.1 Å². The Morgan fingerprint density at radius 1 is 1.13 bits per heavy atom. The Bertz CT molecular complexity index is 775. The van der Waals surface area contributed by atoms with Gasteiger partial charge in [0.25, 0.3) is 0 Å². The molecule has 2 rings (SSSR count). The maximum absolute atomic E-state index is 12.9. The number of hydrogen-bond donors (Lipinski definition) is 6. The molecule has 2 atom stereocenters. The van der Waals surface area contributed by atoms with Gasteiger partial charge in [0.15, 0.2) is 0 Å². The molecule has 0 unspecified atom stereocenters. The summed E-state index contributed by atoms with van der Waals surface area (Å²) in [6.07, 6.45) is 5.30. The Morgan fingerprint density at radius 3 is 2.32 bits per heavy atom. The molecule has 170 valence electrons. The first-order chi connectivity index (χ1) is 14.8. The van der Waals surface area contributed by atoms with Crippen molar-refractivity contribution in [3.63, 3.8) is 0 Å². The minimum absolute atomic E-state index is 0.0200. The molecule has 7 N–H and O–H groups in total. The molecule has 0 bridgehead atoms. The van der Waals surface area contributed by atoms with Gasteiger partial charge in [-0.25, -0.2) is 0 Å². The second kappa shape index (κ2) is 12.0. The Kier molecular flexibility index (Phi) is 9.45. The highest BCUT2D eigenvalue weighted by Gasteiger charge is 2.31. The van der Waals surface area contributed by atoms with Crippen LogP contribution < -0.4 is 21.7 Å². The molecule has 0 spiro atoms. The van der Waals surface area contributed by atoms with E-state index >= 15 is 0 Å². The summed E-state index contributed by atoms with van der Waals surface area (Å²) in [7, 11) is 0. The van der Waals surface area contributed by atoms with Crippen LogP contribution in [-0.2, 0) is 20.9 Å². The van der Waals surface area contributed by atoms with Gasteiger partial charge in [0.05, 0.1) is 12.6 Å². The highest BCUT2D eigenvalue weighted by atomic mass is 16.4. The summed E-state index contributed by atoms with van der Waals surface area (Å²) in [6, 6.07) is 5.66.